The molecule has 1 aliphatic rings. The number of ether oxygens (including phenoxy) is 1. The molecule has 0 saturated heterocycles. The van der Waals surface area contributed by atoms with Gasteiger partial charge >= 0.3 is 0 Å². The van der Waals surface area contributed by atoms with E-state index in [4.69, 9.17) is 4.74 Å². The van der Waals surface area contributed by atoms with Gasteiger partial charge in [-0.3, -0.25) is 4.79 Å². The number of carbonyl (C=O) groups is 1. The monoisotopic (exact) mass is 430 g/mol. The van der Waals surface area contributed by atoms with E-state index < -0.39 is 10.0 Å². The molecule has 1 fully saturated rings. The van der Waals surface area contributed by atoms with Gasteiger partial charge in [-0.25, -0.2) is 8.42 Å². The number of carbonyl (C=O) groups excluding carboxylic acids is 1. The van der Waals surface area contributed by atoms with E-state index in [9.17, 15) is 13.2 Å². The van der Waals surface area contributed by atoms with Crippen LogP contribution in [0.15, 0.2) is 59.5 Å². The third kappa shape index (κ3) is 6.31. The van der Waals surface area contributed by atoms with Gasteiger partial charge < -0.3 is 10.1 Å². The molecule has 1 N–H and O–H groups in total. The first-order chi connectivity index (χ1) is 14.4. The first-order valence-electron chi connectivity index (χ1n) is 10.5. The molecule has 6 nitrogen and oxygen atoms in total. The Bertz CT molecular complexity index is 906. The molecule has 7 heteroatoms. The largest absolute Gasteiger partial charge is 0.484 e. The van der Waals surface area contributed by atoms with Crippen molar-refractivity contribution in [3.8, 4) is 5.75 Å². The third-order valence-corrected chi connectivity index (χ3v) is 7.19. The summed E-state index contributed by atoms with van der Waals surface area (Å²) in [5.74, 6) is 0.330. The molecular weight excluding hydrogens is 400 g/mol. The molecule has 2 aromatic carbocycles. The maximum absolute atomic E-state index is 12.8. The second kappa shape index (κ2) is 10.6. The van der Waals surface area contributed by atoms with Gasteiger partial charge in [-0.05, 0) is 42.7 Å². The van der Waals surface area contributed by atoms with Crippen LogP contribution in [0.1, 0.15) is 44.1 Å². The number of hydrogen-bond acceptors (Lipinski definition) is 4. The Morgan fingerprint density at radius 3 is 2.27 bits per heavy atom. The predicted molar refractivity (Wildman–Crippen MR) is 117 cm³/mol. The minimum absolute atomic E-state index is 0.0729. The number of hydrogen-bond donors (Lipinski definition) is 1. The molecular formula is C23H30N2O4S. The van der Waals surface area contributed by atoms with Crippen LogP contribution in [0.4, 0.5) is 0 Å². The Kier molecular flexibility index (Phi) is 7.87. The number of nitrogens with one attached hydrogen (secondary N) is 1. The van der Waals surface area contributed by atoms with Crippen molar-refractivity contribution in [2.75, 3.05) is 13.7 Å². The maximum Gasteiger partial charge on any atom is 0.258 e. The topological polar surface area (TPSA) is 75.7 Å². The normalized spacial score (nSPS) is 15.5. The number of sulfonamides is 1. The van der Waals surface area contributed by atoms with Crippen LogP contribution in [0.25, 0.3) is 0 Å². The minimum atomic E-state index is -3.61. The number of nitrogens with zero attached hydrogens (tertiary/aromatic N) is 1. The highest BCUT2D eigenvalue weighted by molar-refractivity contribution is 7.89. The molecule has 30 heavy (non-hydrogen) atoms. The molecule has 2 aromatic rings. The average molecular weight is 431 g/mol. The Balaban J connectivity index is 1.52. The van der Waals surface area contributed by atoms with E-state index in [1.807, 2.05) is 30.3 Å². The van der Waals surface area contributed by atoms with Gasteiger partial charge in [0, 0.05) is 19.6 Å². The van der Waals surface area contributed by atoms with Crippen LogP contribution in [-0.4, -0.2) is 38.3 Å². The van der Waals surface area contributed by atoms with Gasteiger partial charge in [0.25, 0.3) is 5.91 Å². The van der Waals surface area contributed by atoms with Crippen LogP contribution in [-0.2, 0) is 21.4 Å². The molecule has 0 heterocycles. The minimum Gasteiger partial charge on any atom is -0.484 e. The highest BCUT2D eigenvalue weighted by atomic mass is 32.2. The van der Waals surface area contributed by atoms with Crippen molar-refractivity contribution in [3.63, 3.8) is 0 Å². The van der Waals surface area contributed by atoms with Gasteiger partial charge in [-0.2, -0.15) is 4.31 Å². The summed E-state index contributed by atoms with van der Waals surface area (Å²) in [7, 11) is -2.05. The summed E-state index contributed by atoms with van der Waals surface area (Å²) in [6.45, 7) is 0.221. The van der Waals surface area contributed by atoms with Crippen LogP contribution in [0.3, 0.4) is 0 Å². The van der Waals surface area contributed by atoms with E-state index in [0.717, 1.165) is 31.2 Å². The molecule has 0 bridgehead atoms. The number of benzene rings is 2. The molecule has 0 aliphatic heterocycles. The fraction of sp³-hybridized carbons (Fsp3) is 0.435. The van der Waals surface area contributed by atoms with E-state index in [0.29, 0.717) is 12.3 Å². The van der Waals surface area contributed by atoms with E-state index in [2.05, 4.69) is 5.32 Å². The first kappa shape index (κ1) is 22.3. The van der Waals surface area contributed by atoms with Crippen molar-refractivity contribution in [2.24, 2.45) is 0 Å². The van der Waals surface area contributed by atoms with Crippen molar-refractivity contribution in [3.05, 3.63) is 60.2 Å². The first-order valence-corrected chi connectivity index (χ1v) is 11.9. The Morgan fingerprint density at radius 1 is 1.00 bits per heavy atom. The van der Waals surface area contributed by atoms with Gasteiger partial charge in [0.1, 0.15) is 5.75 Å². The van der Waals surface area contributed by atoms with Gasteiger partial charge in [0.05, 0.1) is 4.90 Å². The van der Waals surface area contributed by atoms with Crippen LogP contribution in [0.5, 0.6) is 5.75 Å². The summed E-state index contributed by atoms with van der Waals surface area (Å²) in [6.07, 6.45) is 6.82. The highest BCUT2D eigenvalue weighted by Gasteiger charge is 2.21. The number of rotatable bonds is 8. The van der Waals surface area contributed by atoms with Crippen molar-refractivity contribution >= 4 is 15.9 Å². The average Bonchev–Trinajstić information content (AvgIpc) is 3.02. The van der Waals surface area contributed by atoms with E-state index in [1.165, 1.54) is 29.3 Å². The van der Waals surface area contributed by atoms with Crippen molar-refractivity contribution in [2.45, 2.75) is 56.0 Å². The molecule has 0 unspecified atom stereocenters. The zero-order chi connectivity index (χ0) is 21.4. The van der Waals surface area contributed by atoms with Gasteiger partial charge in [0.2, 0.25) is 10.0 Å². The molecule has 0 atom stereocenters. The lowest BCUT2D eigenvalue weighted by Crippen LogP contribution is -2.37. The summed E-state index contributed by atoms with van der Waals surface area (Å²) in [5.41, 5.74) is 0.920. The Morgan fingerprint density at radius 2 is 1.63 bits per heavy atom. The quantitative estimate of drug-likeness (QED) is 0.648. The van der Waals surface area contributed by atoms with Crippen LogP contribution in [0, 0.1) is 0 Å². The fourth-order valence-corrected chi connectivity index (χ4v) is 4.81. The van der Waals surface area contributed by atoms with Crippen molar-refractivity contribution in [1.29, 1.82) is 0 Å². The van der Waals surface area contributed by atoms with Gasteiger partial charge in [0.15, 0.2) is 6.61 Å². The van der Waals surface area contributed by atoms with E-state index >= 15 is 0 Å². The molecule has 1 amide bonds. The number of amides is 1. The molecule has 0 spiro atoms. The second-order valence-corrected chi connectivity index (χ2v) is 9.81. The fourth-order valence-electron chi connectivity index (χ4n) is 3.66. The molecule has 0 radical (unpaired) electrons. The molecule has 162 valence electrons. The summed E-state index contributed by atoms with van der Waals surface area (Å²) in [5, 5.41) is 3.04. The maximum atomic E-state index is 12.8. The van der Waals surface area contributed by atoms with Crippen molar-refractivity contribution < 1.29 is 17.9 Å². The van der Waals surface area contributed by atoms with Crippen LogP contribution >= 0.6 is 0 Å². The lowest BCUT2D eigenvalue weighted by molar-refractivity contribution is -0.123. The summed E-state index contributed by atoms with van der Waals surface area (Å²) < 4.78 is 32.4. The van der Waals surface area contributed by atoms with Crippen LogP contribution in [0.2, 0.25) is 0 Å². The molecule has 0 aromatic heterocycles. The SMILES string of the molecule is CN(Cc1ccccc1)S(=O)(=O)c1ccc(OCC(=O)NC2CCCCCC2)cc1. The predicted octanol–water partition coefficient (Wildman–Crippen LogP) is 3.73. The Hall–Kier alpha value is -2.38. The van der Waals surface area contributed by atoms with E-state index in [-0.39, 0.29) is 23.5 Å². The van der Waals surface area contributed by atoms with Gasteiger partial charge in [-0.1, -0.05) is 56.0 Å². The lowest BCUT2D eigenvalue weighted by Gasteiger charge is -2.18. The van der Waals surface area contributed by atoms with Crippen molar-refractivity contribution in [1.82, 2.24) is 9.62 Å². The molecule has 3 rings (SSSR count). The standard InChI is InChI=1S/C23H30N2O4S/c1-25(17-19-9-5-4-6-10-19)30(27,28)22-15-13-21(14-16-22)29-18-23(26)24-20-11-7-2-3-8-12-20/h4-6,9-10,13-16,20H,2-3,7-8,11-12,17-18H2,1H3,(H,24,26). The molecule has 1 saturated carbocycles. The summed E-state index contributed by atoms with van der Waals surface area (Å²) in [6, 6.07) is 15.9. The third-order valence-electron chi connectivity index (χ3n) is 5.37. The highest BCUT2D eigenvalue weighted by Crippen LogP contribution is 2.21. The smallest absolute Gasteiger partial charge is 0.258 e. The van der Waals surface area contributed by atoms with Gasteiger partial charge in [-0.15, -0.1) is 0 Å². The zero-order valence-corrected chi connectivity index (χ0v) is 18.2. The van der Waals surface area contributed by atoms with Crippen LogP contribution < -0.4 is 10.1 Å². The summed E-state index contributed by atoms with van der Waals surface area (Å²) >= 11 is 0. The lowest BCUT2D eigenvalue weighted by atomic mass is 10.1. The Labute approximate surface area is 179 Å². The van der Waals surface area contributed by atoms with E-state index in [1.54, 1.807) is 19.2 Å². The summed E-state index contributed by atoms with van der Waals surface area (Å²) in [4.78, 5) is 12.3. The second-order valence-electron chi connectivity index (χ2n) is 7.76. The zero-order valence-electron chi connectivity index (χ0n) is 17.4. The molecule has 1 aliphatic carbocycles.